The zero-order chi connectivity index (χ0) is 18.6. The third kappa shape index (κ3) is 4.04. The Morgan fingerprint density at radius 1 is 1.00 bits per heavy atom. The first kappa shape index (κ1) is 18.0. The van der Waals surface area contributed by atoms with E-state index in [-0.39, 0.29) is 11.2 Å². The van der Waals surface area contributed by atoms with E-state index in [2.05, 4.69) is 41.3 Å². The van der Waals surface area contributed by atoms with Crippen molar-refractivity contribution in [3.05, 3.63) is 71.8 Å². The molecule has 1 aromatic carbocycles. The topological polar surface area (TPSA) is 50.7 Å². The number of anilines is 1. The van der Waals surface area contributed by atoms with E-state index in [0.717, 1.165) is 28.9 Å². The van der Waals surface area contributed by atoms with Crippen molar-refractivity contribution in [2.75, 3.05) is 11.9 Å². The van der Waals surface area contributed by atoms with Crippen LogP contribution in [0.3, 0.4) is 0 Å². The van der Waals surface area contributed by atoms with Crippen molar-refractivity contribution in [2.45, 2.75) is 32.6 Å². The number of nitrogens with one attached hydrogen (secondary N) is 1. The fourth-order valence-corrected chi connectivity index (χ4v) is 2.84. The molecule has 2 heterocycles. The molecule has 0 bridgehead atoms. The van der Waals surface area contributed by atoms with Gasteiger partial charge in [-0.05, 0) is 48.4 Å². The van der Waals surface area contributed by atoms with E-state index in [9.17, 15) is 4.39 Å². The molecule has 0 amide bonds. The van der Waals surface area contributed by atoms with Gasteiger partial charge in [0, 0.05) is 29.4 Å². The summed E-state index contributed by atoms with van der Waals surface area (Å²) >= 11 is 0. The molecule has 0 aliphatic carbocycles. The number of halogens is 1. The number of rotatable bonds is 6. The van der Waals surface area contributed by atoms with E-state index in [1.54, 1.807) is 6.20 Å². The number of benzene rings is 1. The van der Waals surface area contributed by atoms with Crippen LogP contribution >= 0.6 is 0 Å². The normalized spacial score (nSPS) is 11.4. The first-order valence-electron chi connectivity index (χ1n) is 8.77. The quantitative estimate of drug-likeness (QED) is 0.704. The van der Waals surface area contributed by atoms with Crippen LogP contribution in [-0.4, -0.2) is 21.7 Å². The molecule has 0 saturated carbocycles. The number of hydrogen-bond donors (Lipinski definition) is 1. The van der Waals surface area contributed by atoms with Gasteiger partial charge in [0.05, 0.1) is 5.69 Å². The summed E-state index contributed by atoms with van der Waals surface area (Å²) in [5.74, 6) is 0.492. The lowest BCUT2D eigenvalue weighted by atomic mass is 9.84. The second-order valence-electron chi connectivity index (χ2n) is 6.90. The molecule has 0 aliphatic heterocycles. The first-order valence-corrected chi connectivity index (χ1v) is 8.77. The van der Waals surface area contributed by atoms with Gasteiger partial charge in [-0.2, -0.15) is 0 Å². The number of pyridine rings is 1. The van der Waals surface area contributed by atoms with Gasteiger partial charge in [-0.1, -0.05) is 32.9 Å². The van der Waals surface area contributed by atoms with Gasteiger partial charge in [-0.15, -0.1) is 10.2 Å². The third-order valence-electron chi connectivity index (χ3n) is 4.50. The van der Waals surface area contributed by atoms with Gasteiger partial charge in [0.25, 0.3) is 0 Å². The molecule has 1 N–H and O–H groups in total. The van der Waals surface area contributed by atoms with Crippen molar-refractivity contribution in [3.8, 4) is 11.3 Å². The van der Waals surface area contributed by atoms with Crippen LogP contribution in [-0.2, 0) is 11.8 Å². The average Bonchev–Trinajstić information content (AvgIpc) is 2.67. The summed E-state index contributed by atoms with van der Waals surface area (Å²) in [5.41, 5.74) is 3.75. The molecule has 26 heavy (non-hydrogen) atoms. The maximum Gasteiger partial charge on any atom is 0.148 e. The highest BCUT2D eigenvalue weighted by atomic mass is 19.1. The minimum Gasteiger partial charge on any atom is -0.368 e. The van der Waals surface area contributed by atoms with Crippen LogP contribution < -0.4 is 5.32 Å². The first-order chi connectivity index (χ1) is 12.5. The Bertz CT molecular complexity index is 858. The minimum atomic E-state index is -0.221. The van der Waals surface area contributed by atoms with Crippen LogP contribution in [0.2, 0.25) is 0 Å². The highest BCUT2D eigenvalue weighted by molar-refractivity contribution is 5.62. The van der Waals surface area contributed by atoms with Gasteiger partial charge in [-0.3, -0.25) is 4.98 Å². The number of nitrogens with zero attached hydrogens (tertiary/aromatic N) is 3. The van der Waals surface area contributed by atoms with E-state index in [4.69, 9.17) is 0 Å². The summed E-state index contributed by atoms with van der Waals surface area (Å²) < 4.78 is 13.1. The molecule has 134 valence electrons. The summed E-state index contributed by atoms with van der Waals surface area (Å²) in [5, 5.41) is 12.0. The van der Waals surface area contributed by atoms with Crippen LogP contribution in [0.4, 0.5) is 10.2 Å². The van der Waals surface area contributed by atoms with Crippen molar-refractivity contribution >= 4 is 5.82 Å². The smallest absolute Gasteiger partial charge is 0.148 e. The SMILES string of the molecule is CCc1ncccc1-c1ccc(NCC(C)(C)c2ccc(F)cc2)nn1. The predicted molar refractivity (Wildman–Crippen MR) is 103 cm³/mol. The fraction of sp³-hybridized carbons (Fsp3) is 0.286. The van der Waals surface area contributed by atoms with Gasteiger partial charge in [0.2, 0.25) is 0 Å². The number of hydrogen-bond acceptors (Lipinski definition) is 4. The molecule has 0 radical (unpaired) electrons. The summed E-state index contributed by atoms with van der Waals surface area (Å²) in [6.07, 6.45) is 2.65. The molecule has 0 saturated heterocycles. The van der Waals surface area contributed by atoms with Gasteiger partial charge >= 0.3 is 0 Å². The summed E-state index contributed by atoms with van der Waals surface area (Å²) in [6, 6.07) is 14.4. The van der Waals surface area contributed by atoms with Gasteiger partial charge in [-0.25, -0.2) is 4.39 Å². The molecule has 0 fully saturated rings. The monoisotopic (exact) mass is 350 g/mol. The molecule has 0 atom stereocenters. The molecule has 2 aromatic heterocycles. The van der Waals surface area contributed by atoms with E-state index in [1.165, 1.54) is 12.1 Å². The van der Waals surface area contributed by atoms with Crippen molar-refractivity contribution in [2.24, 2.45) is 0 Å². The third-order valence-corrected chi connectivity index (χ3v) is 4.50. The Hall–Kier alpha value is -2.82. The molecular weight excluding hydrogens is 327 g/mol. The molecule has 0 spiro atoms. The molecule has 0 aliphatic rings. The molecular formula is C21H23FN4. The molecule has 4 nitrogen and oxygen atoms in total. The molecule has 5 heteroatoms. The molecule has 0 unspecified atom stereocenters. The number of aryl methyl sites for hydroxylation is 1. The Morgan fingerprint density at radius 2 is 1.77 bits per heavy atom. The van der Waals surface area contributed by atoms with E-state index < -0.39 is 0 Å². The Morgan fingerprint density at radius 3 is 2.42 bits per heavy atom. The summed E-state index contributed by atoms with van der Waals surface area (Å²) in [4.78, 5) is 4.39. The maximum absolute atomic E-state index is 13.1. The second kappa shape index (κ2) is 7.60. The van der Waals surface area contributed by atoms with E-state index in [0.29, 0.717) is 12.4 Å². The largest absolute Gasteiger partial charge is 0.368 e. The van der Waals surface area contributed by atoms with Crippen LogP contribution in [0.5, 0.6) is 0 Å². The van der Waals surface area contributed by atoms with Crippen molar-refractivity contribution in [3.63, 3.8) is 0 Å². The second-order valence-corrected chi connectivity index (χ2v) is 6.90. The van der Waals surface area contributed by atoms with Gasteiger partial charge in [0.15, 0.2) is 0 Å². The minimum absolute atomic E-state index is 0.160. The van der Waals surface area contributed by atoms with E-state index in [1.807, 2.05) is 36.4 Å². The van der Waals surface area contributed by atoms with Crippen molar-refractivity contribution < 1.29 is 4.39 Å². The summed E-state index contributed by atoms with van der Waals surface area (Å²) in [7, 11) is 0. The Balaban J connectivity index is 1.70. The summed E-state index contributed by atoms with van der Waals surface area (Å²) in [6.45, 7) is 6.96. The molecule has 3 rings (SSSR count). The van der Waals surface area contributed by atoms with Crippen LogP contribution in [0.1, 0.15) is 32.0 Å². The maximum atomic E-state index is 13.1. The Labute approximate surface area is 153 Å². The fourth-order valence-electron chi connectivity index (χ4n) is 2.84. The Kier molecular flexibility index (Phi) is 5.26. The number of aromatic nitrogens is 3. The standard InChI is InChI=1S/C21H23FN4/c1-4-18-17(6-5-13-23-18)19-11-12-20(26-25-19)24-14-21(2,3)15-7-9-16(22)10-8-15/h5-13H,4,14H2,1-3H3,(H,24,26). The predicted octanol–water partition coefficient (Wildman–Crippen LogP) is 4.63. The average molecular weight is 350 g/mol. The van der Waals surface area contributed by atoms with Crippen molar-refractivity contribution in [1.82, 2.24) is 15.2 Å². The highest BCUT2D eigenvalue weighted by Crippen LogP contribution is 2.24. The zero-order valence-corrected chi connectivity index (χ0v) is 15.3. The lowest BCUT2D eigenvalue weighted by Crippen LogP contribution is -2.28. The van der Waals surface area contributed by atoms with Gasteiger partial charge < -0.3 is 5.32 Å². The van der Waals surface area contributed by atoms with Crippen LogP contribution in [0.25, 0.3) is 11.3 Å². The van der Waals surface area contributed by atoms with Gasteiger partial charge in [0.1, 0.15) is 11.6 Å². The van der Waals surface area contributed by atoms with Crippen molar-refractivity contribution in [1.29, 1.82) is 0 Å². The zero-order valence-electron chi connectivity index (χ0n) is 15.3. The van der Waals surface area contributed by atoms with E-state index >= 15 is 0 Å². The van der Waals surface area contributed by atoms with Crippen LogP contribution in [0, 0.1) is 5.82 Å². The lowest BCUT2D eigenvalue weighted by Gasteiger charge is -2.25. The highest BCUT2D eigenvalue weighted by Gasteiger charge is 2.20. The molecule has 3 aromatic rings. The van der Waals surface area contributed by atoms with Crippen LogP contribution in [0.15, 0.2) is 54.7 Å². The lowest BCUT2D eigenvalue weighted by molar-refractivity contribution is 0.552.